The highest BCUT2D eigenvalue weighted by Gasteiger charge is 2.38. The molecule has 0 saturated carbocycles. The van der Waals surface area contributed by atoms with Gasteiger partial charge >= 0.3 is 0 Å². The number of aromatic nitrogens is 3. The van der Waals surface area contributed by atoms with E-state index < -0.39 is 6.04 Å². The number of H-pyrrole nitrogens is 2. The number of carbonyl (C=O) groups is 1. The summed E-state index contributed by atoms with van der Waals surface area (Å²) < 4.78 is 0. The number of hydrogen-bond donors (Lipinski definition) is 2. The van der Waals surface area contributed by atoms with Gasteiger partial charge in [0.15, 0.2) is 22.9 Å². The standard InChI is InChI=1S/C18H18N4O2/c1-11-19-14-9-13(12-5-3-2-4-6-12)21-17(14)18(20-11)22-8-7-16(24)15(22)10-23/h2-6,9,15,21,23H,7-8,10H2,1H3/p+1/t15-/m0/s1. The zero-order valence-corrected chi connectivity index (χ0v) is 13.4. The van der Waals surface area contributed by atoms with Crippen LogP contribution in [0.25, 0.3) is 22.3 Å². The molecule has 1 aliphatic rings. The van der Waals surface area contributed by atoms with E-state index in [2.05, 4.69) is 15.0 Å². The van der Waals surface area contributed by atoms with Gasteiger partial charge in [0.25, 0.3) is 0 Å². The quantitative estimate of drug-likeness (QED) is 0.765. The molecule has 1 saturated heterocycles. The van der Waals surface area contributed by atoms with Crippen LogP contribution in [-0.4, -0.2) is 40.1 Å². The molecule has 6 nitrogen and oxygen atoms in total. The third kappa shape index (κ3) is 2.35. The normalized spacial score (nSPS) is 17.8. The molecule has 0 unspecified atom stereocenters. The Morgan fingerprint density at radius 3 is 2.92 bits per heavy atom. The van der Waals surface area contributed by atoms with Crippen LogP contribution in [-0.2, 0) is 4.79 Å². The number of hydrogen-bond acceptors (Lipinski definition) is 4. The minimum Gasteiger partial charge on any atom is -0.392 e. The van der Waals surface area contributed by atoms with Gasteiger partial charge in [-0.2, -0.15) is 0 Å². The summed E-state index contributed by atoms with van der Waals surface area (Å²) in [5, 5.41) is 9.59. The van der Waals surface area contributed by atoms with Crippen molar-refractivity contribution < 1.29 is 14.9 Å². The van der Waals surface area contributed by atoms with Crippen LogP contribution >= 0.6 is 0 Å². The zero-order valence-electron chi connectivity index (χ0n) is 13.4. The summed E-state index contributed by atoms with van der Waals surface area (Å²) >= 11 is 0. The second-order valence-corrected chi connectivity index (χ2v) is 6.09. The largest absolute Gasteiger partial charge is 0.392 e. The molecule has 3 aromatic rings. The van der Waals surface area contributed by atoms with Crippen LogP contribution in [0.1, 0.15) is 12.2 Å². The van der Waals surface area contributed by atoms with Gasteiger partial charge in [-0.1, -0.05) is 30.3 Å². The van der Waals surface area contributed by atoms with Crippen molar-refractivity contribution in [2.24, 2.45) is 0 Å². The Hall–Kier alpha value is -2.73. The summed E-state index contributed by atoms with van der Waals surface area (Å²) in [4.78, 5) is 25.2. The minimum atomic E-state index is -0.491. The van der Waals surface area contributed by atoms with Crippen molar-refractivity contribution in [3.8, 4) is 11.3 Å². The molecule has 24 heavy (non-hydrogen) atoms. The fourth-order valence-corrected chi connectivity index (χ4v) is 3.34. The fraction of sp³-hybridized carbons (Fsp3) is 0.278. The van der Waals surface area contributed by atoms with Gasteiger partial charge in [-0.3, -0.25) is 9.69 Å². The van der Waals surface area contributed by atoms with Gasteiger partial charge in [-0.15, -0.1) is 4.98 Å². The molecule has 0 bridgehead atoms. The van der Waals surface area contributed by atoms with Crippen LogP contribution in [0.5, 0.6) is 0 Å². The number of rotatable bonds is 3. The summed E-state index contributed by atoms with van der Waals surface area (Å²) in [5.41, 5.74) is 3.75. The van der Waals surface area contributed by atoms with E-state index in [0.29, 0.717) is 13.0 Å². The molecular formula is C18H19N4O2+. The summed E-state index contributed by atoms with van der Waals surface area (Å²) in [6, 6.07) is 11.6. The minimum absolute atomic E-state index is 0.0726. The lowest BCUT2D eigenvalue weighted by Crippen LogP contribution is -2.40. The van der Waals surface area contributed by atoms with Crippen LogP contribution in [0.15, 0.2) is 36.4 Å². The number of anilines is 1. The van der Waals surface area contributed by atoms with Gasteiger partial charge in [0.1, 0.15) is 0 Å². The Morgan fingerprint density at radius 1 is 1.38 bits per heavy atom. The van der Waals surface area contributed by atoms with Crippen molar-refractivity contribution in [3.63, 3.8) is 0 Å². The summed E-state index contributed by atoms with van der Waals surface area (Å²) in [6.07, 6.45) is 0.453. The van der Waals surface area contributed by atoms with E-state index in [1.807, 2.05) is 48.2 Å². The molecule has 0 amide bonds. The third-order valence-electron chi connectivity index (χ3n) is 4.51. The molecule has 0 radical (unpaired) electrons. The molecule has 0 aliphatic carbocycles. The highest BCUT2D eigenvalue weighted by molar-refractivity contribution is 5.95. The van der Waals surface area contributed by atoms with E-state index in [1.165, 1.54) is 0 Å². The first-order valence-corrected chi connectivity index (χ1v) is 8.05. The lowest BCUT2D eigenvalue weighted by molar-refractivity contribution is -0.377. The van der Waals surface area contributed by atoms with Gasteiger partial charge in [-0.05, 0) is 5.56 Å². The number of nitrogens with zero attached hydrogens (tertiary/aromatic N) is 2. The average molecular weight is 323 g/mol. The number of Topliss-reactive ketones (excluding diaryl/α,β-unsaturated/α-hetero) is 1. The number of fused-ring (bicyclic) bond motifs is 1. The monoisotopic (exact) mass is 323 g/mol. The first-order valence-electron chi connectivity index (χ1n) is 8.05. The van der Waals surface area contributed by atoms with Crippen LogP contribution in [0, 0.1) is 6.92 Å². The van der Waals surface area contributed by atoms with Crippen molar-refractivity contribution in [1.29, 1.82) is 0 Å². The van der Waals surface area contributed by atoms with Crippen LogP contribution in [0.2, 0.25) is 0 Å². The van der Waals surface area contributed by atoms with Crippen molar-refractivity contribution in [2.45, 2.75) is 19.4 Å². The number of aliphatic hydroxyl groups excluding tert-OH is 1. The van der Waals surface area contributed by atoms with E-state index in [0.717, 1.165) is 33.9 Å². The predicted octanol–water partition coefficient (Wildman–Crippen LogP) is 1.49. The molecule has 1 aromatic carbocycles. The molecule has 2 aromatic heterocycles. The maximum atomic E-state index is 12.0. The van der Waals surface area contributed by atoms with Gasteiger partial charge < -0.3 is 10.1 Å². The van der Waals surface area contributed by atoms with Crippen molar-refractivity contribution in [3.05, 3.63) is 42.2 Å². The van der Waals surface area contributed by atoms with Crippen molar-refractivity contribution in [1.82, 2.24) is 9.97 Å². The summed E-state index contributed by atoms with van der Waals surface area (Å²) in [7, 11) is 0. The molecule has 1 aliphatic heterocycles. The number of ketones is 1. The number of aryl methyl sites for hydroxylation is 1. The van der Waals surface area contributed by atoms with E-state index >= 15 is 0 Å². The molecule has 3 heterocycles. The summed E-state index contributed by atoms with van der Waals surface area (Å²) in [5.74, 6) is 1.65. The fourth-order valence-electron chi connectivity index (χ4n) is 3.34. The number of aliphatic hydroxyl groups is 1. The number of benzene rings is 1. The van der Waals surface area contributed by atoms with E-state index in [-0.39, 0.29) is 12.4 Å². The molecule has 6 heteroatoms. The van der Waals surface area contributed by atoms with E-state index in [4.69, 9.17) is 0 Å². The second-order valence-electron chi connectivity index (χ2n) is 6.09. The topological polar surface area (TPSA) is 83.4 Å². The van der Waals surface area contributed by atoms with Gasteiger partial charge in [-0.25, -0.2) is 4.98 Å². The van der Waals surface area contributed by atoms with E-state index in [1.54, 1.807) is 0 Å². The van der Waals surface area contributed by atoms with Gasteiger partial charge in [0, 0.05) is 25.1 Å². The third-order valence-corrected chi connectivity index (χ3v) is 4.51. The maximum Gasteiger partial charge on any atom is 0.249 e. The maximum absolute atomic E-state index is 12.0. The molecule has 122 valence electrons. The van der Waals surface area contributed by atoms with Crippen molar-refractivity contribution >= 4 is 22.6 Å². The van der Waals surface area contributed by atoms with Gasteiger partial charge in [0.05, 0.1) is 13.2 Å². The van der Waals surface area contributed by atoms with Crippen LogP contribution < -0.4 is 9.88 Å². The van der Waals surface area contributed by atoms with Crippen LogP contribution in [0.4, 0.5) is 5.82 Å². The van der Waals surface area contributed by atoms with Gasteiger partial charge in [0.2, 0.25) is 11.6 Å². The Labute approximate surface area is 139 Å². The smallest absolute Gasteiger partial charge is 0.249 e. The predicted molar refractivity (Wildman–Crippen MR) is 90.7 cm³/mol. The average Bonchev–Trinajstić information content (AvgIpc) is 3.18. The Balaban J connectivity index is 1.87. The molecule has 0 spiro atoms. The number of nitrogens with one attached hydrogen (secondary N) is 2. The molecule has 1 atom stereocenters. The first-order chi connectivity index (χ1) is 11.7. The number of aromatic amines is 2. The highest BCUT2D eigenvalue weighted by Crippen LogP contribution is 2.29. The van der Waals surface area contributed by atoms with E-state index in [9.17, 15) is 9.90 Å². The lowest BCUT2D eigenvalue weighted by Gasteiger charge is -2.18. The lowest BCUT2D eigenvalue weighted by atomic mass is 10.2. The Kier molecular flexibility index (Phi) is 3.54. The van der Waals surface area contributed by atoms with Crippen molar-refractivity contribution in [2.75, 3.05) is 18.1 Å². The molecule has 4 rings (SSSR count). The molecule has 1 fully saturated rings. The molecule has 3 N–H and O–H groups in total. The highest BCUT2D eigenvalue weighted by atomic mass is 16.3. The zero-order chi connectivity index (χ0) is 16.7. The Morgan fingerprint density at radius 2 is 2.17 bits per heavy atom. The first kappa shape index (κ1) is 14.8. The second kappa shape index (κ2) is 5.72. The van der Waals surface area contributed by atoms with Crippen LogP contribution in [0.3, 0.4) is 0 Å². The number of carbonyl (C=O) groups excluding carboxylic acids is 1. The Bertz CT molecular complexity index is 904. The SMILES string of the molecule is Cc1nc2cc(-c3ccccc3)[nH]c2c(N2CCC(=O)[C@@H]2CO)[nH+]1. The summed E-state index contributed by atoms with van der Waals surface area (Å²) in [6.45, 7) is 2.31. The molecular weight excluding hydrogens is 304 g/mol.